The first-order chi connectivity index (χ1) is 6.07. The summed E-state index contributed by atoms with van der Waals surface area (Å²) in [5, 5.41) is 0. The molecule has 1 atom stereocenters. The molecule has 1 amide bonds. The standard InChI is InChI=1S/C11H21NO/c1-5-11(13)12(8(2)3)9(4)10-6-7-10/h8-10H,5-7H2,1-4H3. The summed E-state index contributed by atoms with van der Waals surface area (Å²) in [6.45, 7) is 8.33. The van der Waals surface area contributed by atoms with E-state index in [0.717, 1.165) is 5.92 Å². The van der Waals surface area contributed by atoms with Crippen LogP contribution < -0.4 is 0 Å². The quantitative estimate of drug-likeness (QED) is 0.655. The zero-order chi connectivity index (χ0) is 10.0. The van der Waals surface area contributed by atoms with E-state index in [4.69, 9.17) is 0 Å². The lowest BCUT2D eigenvalue weighted by Crippen LogP contribution is -2.44. The molecule has 1 unspecified atom stereocenters. The van der Waals surface area contributed by atoms with Gasteiger partial charge in [-0.05, 0) is 39.5 Å². The summed E-state index contributed by atoms with van der Waals surface area (Å²) >= 11 is 0. The molecule has 2 heteroatoms. The molecule has 0 aromatic rings. The molecular formula is C11H21NO. The number of hydrogen-bond acceptors (Lipinski definition) is 1. The van der Waals surface area contributed by atoms with Crippen molar-refractivity contribution in [1.29, 1.82) is 0 Å². The summed E-state index contributed by atoms with van der Waals surface area (Å²) in [7, 11) is 0. The second-order valence-corrected chi connectivity index (χ2v) is 4.33. The van der Waals surface area contributed by atoms with E-state index in [1.165, 1.54) is 12.8 Å². The maximum Gasteiger partial charge on any atom is 0.222 e. The Bertz CT molecular complexity index is 185. The van der Waals surface area contributed by atoms with E-state index in [2.05, 4.69) is 25.7 Å². The zero-order valence-electron chi connectivity index (χ0n) is 9.21. The van der Waals surface area contributed by atoms with Crippen LogP contribution in [0.5, 0.6) is 0 Å². The minimum absolute atomic E-state index is 0.300. The van der Waals surface area contributed by atoms with Crippen LogP contribution in [0.25, 0.3) is 0 Å². The van der Waals surface area contributed by atoms with Crippen molar-refractivity contribution in [1.82, 2.24) is 4.90 Å². The molecule has 1 aliphatic carbocycles. The van der Waals surface area contributed by atoms with Gasteiger partial charge in [-0.3, -0.25) is 4.79 Å². The largest absolute Gasteiger partial charge is 0.337 e. The number of amides is 1. The van der Waals surface area contributed by atoms with Crippen molar-refractivity contribution in [2.75, 3.05) is 0 Å². The van der Waals surface area contributed by atoms with Gasteiger partial charge < -0.3 is 4.90 Å². The van der Waals surface area contributed by atoms with Gasteiger partial charge in [0, 0.05) is 18.5 Å². The van der Waals surface area contributed by atoms with Gasteiger partial charge >= 0.3 is 0 Å². The maximum atomic E-state index is 11.7. The molecule has 0 heterocycles. The molecule has 0 radical (unpaired) electrons. The Morgan fingerprint density at radius 2 is 1.92 bits per heavy atom. The van der Waals surface area contributed by atoms with Crippen LogP contribution in [0.4, 0.5) is 0 Å². The summed E-state index contributed by atoms with van der Waals surface area (Å²) in [6, 6.07) is 0.801. The molecule has 0 aliphatic heterocycles. The van der Waals surface area contributed by atoms with E-state index in [9.17, 15) is 4.79 Å². The predicted octanol–water partition coefficient (Wildman–Crippen LogP) is 2.43. The molecule has 0 saturated heterocycles. The minimum atomic E-state index is 0.300. The smallest absolute Gasteiger partial charge is 0.222 e. The van der Waals surface area contributed by atoms with E-state index in [1.54, 1.807) is 0 Å². The normalized spacial score (nSPS) is 18.8. The molecule has 13 heavy (non-hydrogen) atoms. The maximum absolute atomic E-state index is 11.7. The first kappa shape index (κ1) is 10.6. The lowest BCUT2D eigenvalue weighted by Gasteiger charge is -2.33. The first-order valence-corrected chi connectivity index (χ1v) is 5.39. The van der Waals surface area contributed by atoms with Gasteiger partial charge in [-0.25, -0.2) is 0 Å². The number of hydrogen-bond donors (Lipinski definition) is 0. The fourth-order valence-electron chi connectivity index (χ4n) is 1.97. The van der Waals surface area contributed by atoms with Crippen LogP contribution in [-0.2, 0) is 4.79 Å². The highest BCUT2D eigenvalue weighted by molar-refractivity contribution is 5.76. The van der Waals surface area contributed by atoms with E-state index in [0.29, 0.717) is 24.4 Å². The van der Waals surface area contributed by atoms with E-state index < -0.39 is 0 Å². The molecular weight excluding hydrogens is 162 g/mol. The fourth-order valence-corrected chi connectivity index (χ4v) is 1.97. The summed E-state index contributed by atoms with van der Waals surface area (Å²) < 4.78 is 0. The third kappa shape index (κ3) is 2.45. The molecule has 1 saturated carbocycles. The van der Waals surface area contributed by atoms with Crippen molar-refractivity contribution in [3.05, 3.63) is 0 Å². The summed E-state index contributed by atoms with van der Waals surface area (Å²) in [4.78, 5) is 13.7. The van der Waals surface area contributed by atoms with Gasteiger partial charge in [0.25, 0.3) is 0 Å². The molecule has 0 aromatic heterocycles. The van der Waals surface area contributed by atoms with Crippen molar-refractivity contribution in [2.24, 2.45) is 5.92 Å². The fraction of sp³-hybridized carbons (Fsp3) is 0.909. The van der Waals surface area contributed by atoms with Gasteiger partial charge in [0.05, 0.1) is 0 Å². The zero-order valence-corrected chi connectivity index (χ0v) is 9.21. The average molecular weight is 183 g/mol. The molecule has 1 aliphatic rings. The Kier molecular flexibility index (Phi) is 3.34. The minimum Gasteiger partial charge on any atom is -0.337 e. The second kappa shape index (κ2) is 4.12. The van der Waals surface area contributed by atoms with Gasteiger partial charge in [0.1, 0.15) is 0 Å². The van der Waals surface area contributed by atoms with Gasteiger partial charge in [-0.1, -0.05) is 6.92 Å². The second-order valence-electron chi connectivity index (χ2n) is 4.33. The van der Waals surface area contributed by atoms with Crippen LogP contribution in [-0.4, -0.2) is 22.9 Å². The highest BCUT2D eigenvalue weighted by Gasteiger charge is 2.34. The summed E-state index contributed by atoms with van der Waals surface area (Å²) in [5.41, 5.74) is 0. The van der Waals surface area contributed by atoms with Gasteiger partial charge in [0.15, 0.2) is 0 Å². The van der Waals surface area contributed by atoms with Crippen molar-refractivity contribution < 1.29 is 4.79 Å². The van der Waals surface area contributed by atoms with Crippen molar-refractivity contribution in [3.8, 4) is 0 Å². The molecule has 0 spiro atoms. The molecule has 2 nitrogen and oxygen atoms in total. The number of carbonyl (C=O) groups excluding carboxylic acids is 1. The summed E-state index contributed by atoms with van der Waals surface area (Å²) in [6.07, 6.45) is 3.25. The highest BCUT2D eigenvalue weighted by atomic mass is 16.2. The third-order valence-corrected chi connectivity index (χ3v) is 2.89. The van der Waals surface area contributed by atoms with Crippen LogP contribution in [0.2, 0.25) is 0 Å². The van der Waals surface area contributed by atoms with Crippen LogP contribution in [0.1, 0.15) is 47.0 Å². The van der Waals surface area contributed by atoms with Crippen LogP contribution in [0, 0.1) is 5.92 Å². The molecule has 0 N–H and O–H groups in total. The predicted molar refractivity (Wildman–Crippen MR) is 54.5 cm³/mol. The third-order valence-electron chi connectivity index (χ3n) is 2.89. The first-order valence-electron chi connectivity index (χ1n) is 5.39. The molecule has 76 valence electrons. The Morgan fingerprint density at radius 1 is 1.38 bits per heavy atom. The Hall–Kier alpha value is -0.530. The number of nitrogens with zero attached hydrogens (tertiary/aromatic N) is 1. The number of rotatable bonds is 4. The Labute approximate surface area is 81.3 Å². The lowest BCUT2D eigenvalue weighted by atomic mass is 10.1. The van der Waals surface area contributed by atoms with Crippen molar-refractivity contribution in [2.45, 2.75) is 59.0 Å². The van der Waals surface area contributed by atoms with E-state index in [1.807, 2.05) is 6.92 Å². The van der Waals surface area contributed by atoms with Crippen LogP contribution >= 0.6 is 0 Å². The van der Waals surface area contributed by atoms with E-state index >= 15 is 0 Å². The Morgan fingerprint density at radius 3 is 2.23 bits per heavy atom. The van der Waals surface area contributed by atoms with Gasteiger partial charge in [-0.15, -0.1) is 0 Å². The van der Waals surface area contributed by atoms with Crippen LogP contribution in [0.3, 0.4) is 0 Å². The van der Waals surface area contributed by atoms with E-state index in [-0.39, 0.29) is 0 Å². The number of carbonyl (C=O) groups is 1. The van der Waals surface area contributed by atoms with Crippen molar-refractivity contribution in [3.63, 3.8) is 0 Å². The monoisotopic (exact) mass is 183 g/mol. The average Bonchev–Trinajstić information content (AvgIpc) is 2.85. The van der Waals surface area contributed by atoms with Gasteiger partial charge in [-0.2, -0.15) is 0 Å². The van der Waals surface area contributed by atoms with Gasteiger partial charge in [0.2, 0.25) is 5.91 Å². The molecule has 1 fully saturated rings. The molecule has 1 rings (SSSR count). The molecule has 0 aromatic carbocycles. The summed E-state index contributed by atoms with van der Waals surface area (Å²) in [5.74, 6) is 1.08. The molecule has 0 bridgehead atoms. The topological polar surface area (TPSA) is 20.3 Å². The van der Waals surface area contributed by atoms with Crippen molar-refractivity contribution >= 4 is 5.91 Å². The highest BCUT2D eigenvalue weighted by Crippen LogP contribution is 2.35. The van der Waals surface area contributed by atoms with Crippen LogP contribution in [0.15, 0.2) is 0 Å². The SMILES string of the molecule is CCC(=O)N(C(C)C)C(C)C1CC1. The lowest BCUT2D eigenvalue weighted by molar-refractivity contribution is -0.135. The Balaban J connectivity index is 2.59.